The number of aryl methyl sites for hydroxylation is 1. The number of carbonyl (C=O) groups is 1. The number of ether oxygens (including phenoxy) is 2. The summed E-state index contributed by atoms with van der Waals surface area (Å²) in [7, 11) is 0. The van der Waals surface area contributed by atoms with E-state index >= 15 is 0 Å². The highest BCUT2D eigenvalue weighted by Crippen LogP contribution is 2.57. The van der Waals surface area contributed by atoms with E-state index in [-0.39, 0.29) is 11.4 Å². The molecule has 0 aliphatic carbocycles. The molecular weight excluding hydrogens is 410 g/mol. The van der Waals surface area contributed by atoms with Crippen LogP contribution in [0.25, 0.3) is 0 Å². The highest BCUT2D eigenvalue weighted by Gasteiger charge is 2.54. The molecule has 3 aromatic carbocycles. The van der Waals surface area contributed by atoms with Crippen molar-refractivity contribution in [2.75, 3.05) is 18.0 Å². The van der Waals surface area contributed by atoms with Crippen molar-refractivity contribution in [1.82, 2.24) is 0 Å². The third-order valence-corrected chi connectivity index (χ3v) is 6.98. The SMILES string of the molecule is CCN(CC)c1ccc2c(c1)Oc1c(C)cc(C(C)(C)C)cc1C21OC(=O)c2ccccc21. The van der Waals surface area contributed by atoms with Crippen LogP contribution in [0.2, 0.25) is 0 Å². The first-order valence-corrected chi connectivity index (χ1v) is 11.8. The second-order valence-corrected chi connectivity index (χ2v) is 9.99. The van der Waals surface area contributed by atoms with Crippen molar-refractivity contribution in [2.24, 2.45) is 0 Å². The number of rotatable bonds is 3. The molecule has 0 amide bonds. The quantitative estimate of drug-likeness (QED) is 0.424. The van der Waals surface area contributed by atoms with E-state index in [1.165, 1.54) is 5.56 Å². The van der Waals surface area contributed by atoms with Gasteiger partial charge in [-0.25, -0.2) is 4.79 Å². The fourth-order valence-corrected chi connectivity index (χ4v) is 5.15. The maximum atomic E-state index is 13.1. The minimum atomic E-state index is -1.02. The average molecular weight is 442 g/mol. The Morgan fingerprint density at radius 3 is 2.33 bits per heavy atom. The van der Waals surface area contributed by atoms with Gasteiger partial charge in [-0.15, -0.1) is 0 Å². The number of esters is 1. The number of benzene rings is 3. The normalized spacial score (nSPS) is 18.3. The summed E-state index contributed by atoms with van der Waals surface area (Å²) in [5.41, 5.74) is 5.49. The zero-order valence-corrected chi connectivity index (χ0v) is 20.3. The summed E-state index contributed by atoms with van der Waals surface area (Å²) in [6.45, 7) is 14.8. The lowest BCUT2D eigenvalue weighted by atomic mass is 9.74. The van der Waals surface area contributed by atoms with Gasteiger partial charge in [0.05, 0.1) is 5.56 Å². The lowest BCUT2D eigenvalue weighted by Crippen LogP contribution is -2.34. The Bertz CT molecular complexity index is 1270. The molecule has 1 atom stereocenters. The van der Waals surface area contributed by atoms with Crippen molar-refractivity contribution in [3.05, 3.63) is 88.0 Å². The molecule has 2 aliphatic rings. The Morgan fingerprint density at radius 1 is 0.909 bits per heavy atom. The van der Waals surface area contributed by atoms with Gasteiger partial charge < -0.3 is 14.4 Å². The van der Waals surface area contributed by atoms with E-state index < -0.39 is 5.60 Å². The van der Waals surface area contributed by atoms with Crippen LogP contribution in [0.1, 0.15) is 72.8 Å². The zero-order valence-electron chi connectivity index (χ0n) is 20.3. The zero-order chi connectivity index (χ0) is 23.5. The van der Waals surface area contributed by atoms with Crippen LogP contribution in [-0.2, 0) is 15.8 Å². The van der Waals surface area contributed by atoms with Crippen LogP contribution >= 0.6 is 0 Å². The molecule has 2 heterocycles. The van der Waals surface area contributed by atoms with Gasteiger partial charge in [0.2, 0.25) is 0 Å². The minimum absolute atomic E-state index is 0.0595. The van der Waals surface area contributed by atoms with E-state index in [4.69, 9.17) is 9.47 Å². The molecule has 4 nitrogen and oxygen atoms in total. The van der Waals surface area contributed by atoms with E-state index in [1.54, 1.807) is 0 Å². The fourth-order valence-electron chi connectivity index (χ4n) is 5.15. The van der Waals surface area contributed by atoms with E-state index in [0.717, 1.165) is 52.5 Å². The molecule has 33 heavy (non-hydrogen) atoms. The molecule has 0 aromatic heterocycles. The Hall–Kier alpha value is -3.27. The minimum Gasteiger partial charge on any atom is -0.456 e. The molecule has 2 aliphatic heterocycles. The molecule has 4 heteroatoms. The fraction of sp³-hybridized carbons (Fsp3) is 0.345. The Morgan fingerprint density at radius 2 is 1.64 bits per heavy atom. The number of hydrogen-bond donors (Lipinski definition) is 0. The van der Waals surface area contributed by atoms with Crippen LogP contribution in [0.15, 0.2) is 54.6 Å². The van der Waals surface area contributed by atoms with Crippen LogP contribution in [0, 0.1) is 6.92 Å². The van der Waals surface area contributed by atoms with Crippen LogP contribution in [0.5, 0.6) is 11.5 Å². The summed E-state index contributed by atoms with van der Waals surface area (Å²) >= 11 is 0. The van der Waals surface area contributed by atoms with E-state index in [1.807, 2.05) is 24.3 Å². The van der Waals surface area contributed by atoms with Crippen LogP contribution in [-0.4, -0.2) is 19.1 Å². The van der Waals surface area contributed by atoms with Crippen molar-refractivity contribution in [2.45, 2.75) is 52.6 Å². The number of carbonyl (C=O) groups excluding carboxylic acids is 1. The number of anilines is 1. The largest absolute Gasteiger partial charge is 0.456 e. The Balaban J connectivity index is 1.84. The topological polar surface area (TPSA) is 38.8 Å². The van der Waals surface area contributed by atoms with E-state index in [2.05, 4.69) is 76.8 Å². The summed E-state index contributed by atoms with van der Waals surface area (Å²) in [6.07, 6.45) is 0. The maximum Gasteiger partial charge on any atom is 0.340 e. The molecular formula is C29H31NO3. The first kappa shape index (κ1) is 21.6. The maximum absolute atomic E-state index is 13.1. The van der Waals surface area contributed by atoms with Gasteiger partial charge in [0, 0.05) is 41.5 Å². The molecule has 3 aromatic rings. The summed E-state index contributed by atoms with van der Waals surface area (Å²) in [5.74, 6) is 1.22. The molecule has 1 spiro atoms. The molecule has 0 saturated heterocycles. The predicted molar refractivity (Wildman–Crippen MR) is 132 cm³/mol. The monoisotopic (exact) mass is 441 g/mol. The van der Waals surface area contributed by atoms with Crippen LogP contribution < -0.4 is 9.64 Å². The van der Waals surface area contributed by atoms with Crippen molar-refractivity contribution in [3.63, 3.8) is 0 Å². The second-order valence-electron chi connectivity index (χ2n) is 9.99. The molecule has 0 saturated carbocycles. The lowest BCUT2D eigenvalue weighted by Gasteiger charge is -2.39. The summed E-state index contributed by atoms with van der Waals surface area (Å²) < 4.78 is 12.9. The predicted octanol–water partition coefficient (Wildman–Crippen LogP) is 6.71. The lowest BCUT2D eigenvalue weighted by molar-refractivity contribution is 0.0223. The summed E-state index contributed by atoms with van der Waals surface area (Å²) in [5, 5.41) is 0. The van der Waals surface area contributed by atoms with Gasteiger partial charge in [-0.3, -0.25) is 0 Å². The molecule has 170 valence electrons. The van der Waals surface area contributed by atoms with Gasteiger partial charge in [0.1, 0.15) is 11.5 Å². The van der Waals surface area contributed by atoms with Crippen LogP contribution in [0.4, 0.5) is 5.69 Å². The number of hydrogen-bond acceptors (Lipinski definition) is 4. The number of nitrogens with zero attached hydrogens (tertiary/aromatic N) is 1. The van der Waals surface area contributed by atoms with Gasteiger partial charge in [-0.2, -0.15) is 0 Å². The smallest absolute Gasteiger partial charge is 0.340 e. The molecule has 5 rings (SSSR count). The van der Waals surface area contributed by atoms with Gasteiger partial charge in [0.15, 0.2) is 5.60 Å². The molecule has 0 bridgehead atoms. The molecule has 1 unspecified atom stereocenters. The van der Waals surface area contributed by atoms with Crippen LogP contribution in [0.3, 0.4) is 0 Å². The van der Waals surface area contributed by atoms with E-state index in [9.17, 15) is 4.79 Å². The van der Waals surface area contributed by atoms with Gasteiger partial charge in [-0.1, -0.05) is 45.0 Å². The first-order chi connectivity index (χ1) is 15.7. The summed E-state index contributed by atoms with van der Waals surface area (Å²) in [4.78, 5) is 15.4. The standard InChI is InChI=1S/C29H31NO3/c1-7-30(8-2)20-13-14-23-25(17-20)32-26-18(3)15-19(28(4,5)6)16-24(26)29(23)22-12-10-9-11-21(22)27(31)33-29/h9-17H,7-8H2,1-6H3. The van der Waals surface area contributed by atoms with Gasteiger partial charge >= 0.3 is 5.97 Å². The highest BCUT2D eigenvalue weighted by atomic mass is 16.6. The highest BCUT2D eigenvalue weighted by molar-refractivity contribution is 5.97. The molecule has 0 N–H and O–H groups in total. The van der Waals surface area contributed by atoms with Crippen molar-refractivity contribution in [3.8, 4) is 11.5 Å². The Labute approximate surface area is 196 Å². The van der Waals surface area contributed by atoms with Crippen molar-refractivity contribution < 1.29 is 14.3 Å². The Kier molecular flexibility index (Phi) is 4.82. The molecule has 0 radical (unpaired) electrons. The first-order valence-electron chi connectivity index (χ1n) is 11.8. The van der Waals surface area contributed by atoms with Crippen molar-refractivity contribution in [1.29, 1.82) is 0 Å². The van der Waals surface area contributed by atoms with Gasteiger partial charge in [-0.05, 0) is 61.6 Å². The average Bonchev–Trinajstić information content (AvgIpc) is 3.08. The summed E-state index contributed by atoms with van der Waals surface area (Å²) in [6, 6.07) is 18.3. The van der Waals surface area contributed by atoms with Gasteiger partial charge in [0.25, 0.3) is 0 Å². The second kappa shape index (κ2) is 7.38. The molecule has 0 fully saturated rings. The third kappa shape index (κ3) is 3.07. The number of fused-ring (bicyclic) bond motifs is 6. The van der Waals surface area contributed by atoms with E-state index in [0.29, 0.717) is 5.56 Å². The third-order valence-electron chi connectivity index (χ3n) is 6.98. The van der Waals surface area contributed by atoms with Crippen molar-refractivity contribution >= 4 is 11.7 Å².